The molecule has 0 aromatic heterocycles. The van der Waals surface area contributed by atoms with Gasteiger partial charge in [0.1, 0.15) is 11.4 Å². The molecule has 0 bridgehead atoms. The average molecular weight is 499 g/mol. The van der Waals surface area contributed by atoms with Gasteiger partial charge in [-0.1, -0.05) is 42.6 Å². The molecule has 2 aromatic rings. The van der Waals surface area contributed by atoms with E-state index in [0.29, 0.717) is 0 Å². The summed E-state index contributed by atoms with van der Waals surface area (Å²) < 4.78 is 13.8. The number of nitrogens with one attached hydrogen (secondary N) is 2. The molecule has 3 aliphatic rings. The normalized spacial score (nSPS) is 24.9. The molecule has 0 radical (unpaired) electrons. The standard InChI is InChI=1S/C27H28ClFN2O4/c28-20-12-11-15(29)13-19(20)25(33)23(32)14-27(26(34)35,31-16-5-3-6-16)24-17-7-1-2-9-21(17)30-22-10-4-8-18(22)24/h1-2,7,9,11-13,16,18,22,24,30-31H,3-6,8,10,14H2,(H,34,35)/t18-,22+,24?,27?/m0/s1. The second kappa shape index (κ2) is 9.36. The number of para-hydroxylation sites is 1. The van der Waals surface area contributed by atoms with E-state index in [-0.39, 0.29) is 28.6 Å². The second-order valence-corrected chi connectivity index (χ2v) is 10.4. The first kappa shape index (κ1) is 23.9. The van der Waals surface area contributed by atoms with Crippen molar-refractivity contribution in [3.63, 3.8) is 0 Å². The minimum Gasteiger partial charge on any atom is -0.480 e. The van der Waals surface area contributed by atoms with Crippen LogP contribution in [0.3, 0.4) is 0 Å². The lowest BCUT2D eigenvalue weighted by molar-refractivity contribution is -0.149. The van der Waals surface area contributed by atoms with Crippen LogP contribution >= 0.6 is 11.6 Å². The minimum atomic E-state index is -1.68. The van der Waals surface area contributed by atoms with Gasteiger partial charge in [-0.25, -0.2) is 4.39 Å². The maximum atomic E-state index is 13.8. The van der Waals surface area contributed by atoms with Crippen LogP contribution in [0.15, 0.2) is 42.5 Å². The van der Waals surface area contributed by atoms with Gasteiger partial charge in [0.05, 0.1) is 5.02 Å². The van der Waals surface area contributed by atoms with Crippen molar-refractivity contribution in [2.24, 2.45) is 5.92 Å². The van der Waals surface area contributed by atoms with Crippen molar-refractivity contribution in [1.29, 1.82) is 0 Å². The molecule has 1 heterocycles. The summed E-state index contributed by atoms with van der Waals surface area (Å²) in [4.78, 5) is 39.7. The number of anilines is 1. The summed E-state index contributed by atoms with van der Waals surface area (Å²) in [5.41, 5.74) is -0.213. The number of carboxylic acid groups (broad SMARTS) is 1. The van der Waals surface area contributed by atoms with E-state index in [1.807, 2.05) is 24.3 Å². The molecular weight excluding hydrogens is 471 g/mol. The number of carboxylic acids is 1. The molecule has 35 heavy (non-hydrogen) atoms. The summed E-state index contributed by atoms with van der Waals surface area (Å²) >= 11 is 6.09. The highest BCUT2D eigenvalue weighted by atomic mass is 35.5. The number of ketones is 2. The molecule has 2 fully saturated rings. The van der Waals surface area contributed by atoms with Crippen molar-refractivity contribution in [1.82, 2.24) is 5.32 Å². The molecule has 2 saturated carbocycles. The highest BCUT2D eigenvalue weighted by molar-refractivity contribution is 6.48. The highest BCUT2D eigenvalue weighted by Gasteiger charge is 2.57. The Morgan fingerprint density at radius 1 is 1.09 bits per heavy atom. The molecule has 8 heteroatoms. The van der Waals surface area contributed by atoms with Crippen LogP contribution < -0.4 is 10.6 Å². The van der Waals surface area contributed by atoms with E-state index in [1.54, 1.807) is 0 Å². The molecular formula is C27H28ClFN2O4. The van der Waals surface area contributed by atoms with E-state index in [2.05, 4.69) is 10.6 Å². The number of benzene rings is 2. The van der Waals surface area contributed by atoms with E-state index in [9.17, 15) is 23.9 Å². The van der Waals surface area contributed by atoms with Crippen LogP contribution in [-0.2, 0) is 9.59 Å². The van der Waals surface area contributed by atoms with E-state index >= 15 is 0 Å². The number of rotatable bonds is 8. The molecule has 2 unspecified atom stereocenters. The molecule has 2 aromatic carbocycles. The third-order valence-corrected chi connectivity index (χ3v) is 8.31. The van der Waals surface area contributed by atoms with Gasteiger partial charge in [0.15, 0.2) is 0 Å². The summed E-state index contributed by atoms with van der Waals surface area (Å²) in [6, 6.07) is 10.9. The summed E-state index contributed by atoms with van der Waals surface area (Å²) in [5.74, 6) is -4.22. The highest BCUT2D eigenvalue weighted by Crippen LogP contribution is 2.52. The van der Waals surface area contributed by atoms with E-state index in [1.165, 1.54) is 6.07 Å². The zero-order valence-corrected chi connectivity index (χ0v) is 20.0. The number of halogens is 2. The molecule has 1 aliphatic heterocycles. The van der Waals surface area contributed by atoms with Crippen molar-refractivity contribution < 1.29 is 23.9 Å². The minimum absolute atomic E-state index is 0.00534. The van der Waals surface area contributed by atoms with Crippen LogP contribution in [0.5, 0.6) is 0 Å². The monoisotopic (exact) mass is 498 g/mol. The number of aliphatic carboxylic acids is 1. The molecule has 5 rings (SSSR count). The van der Waals surface area contributed by atoms with Gasteiger partial charge < -0.3 is 10.4 Å². The zero-order chi connectivity index (χ0) is 24.7. The Kier molecular flexibility index (Phi) is 6.40. The number of Topliss-reactive ketones (excluding diaryl/α,β-unsaturated/α-hetero) is 2. The first-order valence-corrected chi connectivity index (χ1v) is 12.6. The Labute approximate surface area is 208 Å². The topological polar surface area (TPSA) is 95.5 Å². The first-order chi connectivity index (χ1) is 16.8. The van der Waals surface area contributed by atoms with Crippen LogP contribution in [0.4, 0.5) is 10.1 Å². The second-order valence-electron chi connectivity index (χ2n) is 10.0. The number of hydrogen-bond acceptors (Lipinski definition) is 5. The molecule has 0 amide bonds. The van der Waals surface area contributed by atoms with Gasteiger partial charge in [-0.15, -0.1) is 0 Å². The van der Waals surface area contributed by atoms with Crippen molar-refractivity contribution in [3.8, 4) is 0 Å². The molecule has 3 N–H and O–H groups in total. The third-order valence-electron chi connectivity index (χ3n) is 7.98. The van der Waals surface area contributed by atoms with E-state index < -0.39 is 41.2 Å². The molecule has 0 spiro atoms. The first-order valence-electron chi connectivity index (χ1n) is 12.2. The maximum Gasteiger partial charge on any atom is 0.325 e. The molecule has 4 atom stereocenters. The van der Waals surface area contributed by atoms with Crippen molar-refractivity contribution in [3.05, 3.63) is 64.4 Å². The lowest BCUT2D eigenvalue weighted by atomic mass is 9.64. The van der Waals surface area contributed by atoms with Crippen LogP contribution in [-0.4, -0.2) is 40.3 Å². The number of carbonyl (C=O) groups excluding carboxylic acids is 2. The lowest BCUT2D eigenvalue weighted by Gasteiger charge is -2.49. The van der Waals surface area contributed by atoms with Gasteiger partial charge in [0, 0.05) is 35.7 Å². The van der Waals surface area contributed by atoms with Crippen LogP contribution in [0.25, 0.3) is 0 Å². The SMILES string of the molecule is O=C(CC(NC1CCC1)(C(=O)O)C1c2ccccc2N[C@@H]2CCC[C@H]12)C(=O)c1cc(F)ccc1Cl. The van der Waals surface area contributed by atoms with Crippen molar-refractivity contribution >= 4 is 34.8 Å². The van der Waals surface area contributed by atoms with Crippen molar-refractivity contribution in [2.75, 3.05) is 5.32 Å². The number of fused-ring (bicyclic) bond motifs is 2. The van der Waals surface area contributed by atoms with Gasteiger partial charge in [-0.2, -0.15) is 0 Å². The Hall–Kier alpha value is -2.77. The largest absolute Gasteiger partial charge is 0.480 e. The zero-order valence-electron chi connectivity index (χ0n) is 19.2. The Bertz CT molecular complexity index is 1180. The predicted molar refractivity (Wildman–Crippen MR) is 130 cm³/mol. The third kappa shape index (κ3) is 4.25. The fraction of sp³-hybridized carbons (Fsp3) is 0.444. The van der Waals surface area contributed by atoms with Gasteiger partial charge in [-0.3, -0.25) is 19.7 Å². The average Bonchev–Trinajstić information content (AvgIpc) is 3.28. The van der Waals surface area contributed by atoms with Gasteiger partial charge in [0.2, 0.25) is 11.6 Å². The van der Waals surface area contributed by atoms with Crippen LogP contribution in [0.2, 0.25) is 5.02 Å². The quantitative estimate of drug-likeness (QED) is 0.351. The van der Waals surface area contributed by atoms with Gasteiger partial charge in [0.25, 0.3) is 0 Å². The Morgan fingerprint density at radius 2 is 1.83 bits per heavy atom. The predicted octanol–water partition coefficient (Wildman–Crippen LogP) is 4.96. The van der Waals surface area contributed by atoms with Crippen LogP contribution in [0, 0.1) is 11.7 Å². The fourth-order valence-corrected chi connectivity index (χ4v) is 6.32. The Morgan fingerprint density at radius 3 is 2.54 bits per heavy atom. The number of carbonyl (C=O) groups is 3. The van der Waals surface area contributed by atoms with E-state index in [0.717, 1.165) is 61.9 Å². The molecule has 184 valence electrons. The molecule has 2 aliphatic carbocycles. The summed E-state index contributed by atoms with van der Waals surface area (Å²) in [7, 11) is 0. The van der Waals surface area contributed by atoms with Gasteiger partial charge in [-0.05, 0) is 61.4 Å². The van der Waals surface area contributed by atoms with E-state index in [4.69, 9.17) is 11.6 Å². The van der Waals surface area contributed by atoms with Gasteiger partial charge >= 0.3 is 5.97 Å². The summed E-state index contributed by atoms with van der Waals surface area (Å²) in [5, 5.41) is 17.6. The van der Waals surface area contributed by atoms with Crippen LogP contribution in [0.1, 0.15) is 66.8 Å². The smallest absolute Gasteiger partial charge is 0.325 e. The molecule has 0 saturated heterocycles. The summed E-state index contributed by atoms with van der Waals surface area (Å²) in [6.07, 6.45) is 4.77. The lowest BCUT2D eigenvalue weighted by Crippen LogP contribution is -2.64. The van der Waals surface area contributed by atoms with Crippen molar-refractivity contribution in [2.45, 2.75) is 68.5 Å². The Balaban J connectivity index is 1.59. The summed E-state index contributed by atoms with van der Waals surface area (Å²) in [6.45, 7) is 0. The maximum absolute atomic E-state index is 13.8. The number of hydrogen-bond donors (Lipinski definition) is 3. The molecule has 6 nitrogen and oxygen atoms in total. The fourth-order valence-electron chi connectivity index (χ4n) is 6.12.